The van der Waals surface area contributed by atoms with Crippen molar-refractivity contribution in [3.63, 3.8) is 0 Å². The summed E-state index contributed by atoms with van der Waals surface area (Å²) >= 11 is 0. The minimum Gasteiger partial charge on any atom is -0.383 e. The topological polar surface area (TPSA) is 102 Å². The van der Waals surface area contributed by atoms with Crippen LogP contribution >= 0.6 is 0 Å². The summed E-state index contributed by atoms with van der Waals surface area (Å²) in [6.45, 7) is 0. The molecule has 2 heterocycles. The van der Waals surface area contributed by atoms with Gasteiger partial charge in [-0.15, -0.1) is 5.10 Å². The highest BCUT2D eigenvalue weighted by atomic mass is 16.1. The maximum Gasteiger partial charge on any atom is 0.218 e. The van der Waals surface area contributed by atoms with Crippen LogP contribution in [-0.4, -0.2) is 31.0 Å². The normalized spacial score (nSPS) is 10.5. The number of nitrogens with zero attached hydrogens (tertiary/aromatic N) is 4. The van der Waals surface area contributed by atoms with Crippen LogP contribution in [0.1, 0.15) is 16.1 Å². The van der Waals surface area contributed by atoms with E-state index in [4.69, 9.17) is 5.73 Å². The zero-order valence-electron chi connectivity index (χ0n) is 9.82. The van der Waals surface area contributed by atoms with Crippen LogP contribution in [0.2, 0.25) is 0 Å². The number of ketones is 1. The lowest BCUT2D eigenvalue weighted by molar-refractivity contribution is 0.103. The molecule has 0 saturated heterocycles. The monoisotopic (exact) mass is 254 g/mol. The largest absolute Gasteiger partial charge is 0.383 e. The number of anilines is 1. The first-order chi connectivity index (χ1) is 9.27. The highest BCUT2D eigenvalue weighted by Gasteiger charge is 2.19. The Labute approximate surface area is 108 Å². The molecule has 0 fully saturated rings. The second kappa shape index (κ2) is 4.37. The van der Waals surface area contributed by atoms with Crippen molar-refractivity contribution in [3.8, 4) is 5.69 Å². The standard InChI is InChI=1S/C12H10N6O/c13-12-9(6-14-16-12)11(19)10-7-15-17-18(10)8-4-2-1-3-5-8/h1-7H,(H3,13,14,16). The van der Waals surface area contributed by atoms with Gasteiger partial charge in [-0.2, -0.15) is 5.10 Å². The molecule has 0 aliphatic rings. The zero-order chi connectivity index (χ0) is 13.2. The number of aromatic nitrogens is 5. The Bertz CT molecular complexity index is 715. The van der Waals surface area contributed by atoms with Crippen LogP contribution in [0, 0.1) is 0 Å². The number of nitrogen functional groups attached to an aromatic ring is 1. The molecule has 3 rings (SSSR count). The minimum atomic E-state index is -0.278. The van der Waals surface area contributed by atoms with Gasteiger partial charge in [0.05, 0.1) is 23.6 Å². The van der Waals surface area contributed by atoms with Gasteiger partial charge in [-0.3, -0.25) is 9.89 Å². The van der Waals surface area contributed by atoms with E-state index in [9.17, 15) is 4.79 Å². The number of nitrogens with two attached hydrogens (primary N) is 1. The molecule has 7 nitrogen and oxygen atoms in total. The van der Waals surface area contributed by atoms with Crippen molar-refractivity contribution in [1.82, 2.24) is 25.2 Å². The van der Waals surface area contributed by atoms with Gasteiger partial charge < -0.3 is 5.73 Å². The third kappa shape index (κ3) is 1.86. The van der Waals surface area contributed by atoms with Gasteiger partial charge in [0.1, 0.15) is 11.5 Å². The molecule has 0 saturated carbocycles. The van der Waals surface area contributed by atoms with Crippen LogP contribution in [0.15, 0.2) is 42.7 Å². The van der Waals surface area contributed by atoms with Crippen molar-refractivity contribution in [2.45, 2.75) is 0 Å². The van der Waals surface area contributed by atoms with Crippen LogP contribution in [0.4, 0.5) is 5.82 Å². The number of para-hydroxylation sites is 1. The van der Waals surface area contributed by atoms with Crippen LogP contribution in [-0.2, 0) is 0 Å². The molecule has 94 valence electrons. The van der Waals surface area contributed by atoms with Gasteiger partial charge in [-0.05, 0) is 12.1 Å². The van der Waals surface area contributed by atoms with Crippen molar-refractivity contribution < 1.29 is 4.79 Å². The Balaban J connectivity index is 2.06. The Hall–Kier alpha value is -2.96. The number of rotatable bonds is 3. The fourth-order valence-corrected chi connectivity index (χ4v) is 1.76. The number of carbonyl (C=O) groups excluding carboxylic acids is 1. The molecule has 0 aliphatic carbocycles. The van der Waals surface area contributed by atoms with Crippen molar-refractivity contribution >= 4 is 11.6 Å². The maximum atomic E-state index is 12.3. The summed E-state index contributed by atoms with van der Waals surface area (Å²) < 4.78 is 1.47. The molecule has 0 amide bonds. The summed E-state index contributed by atoms with van der Waals surface area (Å²) in [5.41, 5.74) is 7.04. The zero-order valence-corrected chi connectivity index (χ0v) is 9.82. The predicted molar refractivity (Wildman–Crippen MR) is 67.8 cm³/mol. The first-order valence-electron chi connectivity index (χ1n) is 5.57. The molecule has 19 heavy (non-hydrogen) atoms. The lowest BCUT2D eigenvalue weighted by atomic mass is 10.1. The summed E-state index contributed by atoms with van der Waals surface area (Å²) in [7, 11) is 0. The fourth-order valence-electron chi connectivity index (χ4n) is 1.76. The van der Waals surface area contributed by atoms with E-state index in [1.165, 1.54) is 17.1 Å². The molecule has 0 spiro atoms. The Morgan fingerprint density at radius 2 is 2.00 bits per heavy atom. The summed E-state index contributed by atoms with van der Waals surface area (Å²) in [5, 5.41) is 14.0. The summed E-state index contributed by atoms with van der Waals surface area (Å²) in [6.07, 6.45) is 2.79. The van der Waals surface area contributed by atoms with Gasteiger partial charge in [0.2, 0.25) is 5.78 Å². The third-order valence-corrected chi connectivity index (χ3v) is 2.70. The maximum absolute atomic E-state index is 12.3. The lowest BCUT2D eigenvalue weighted by Gasteiger charge is -2.04. The molecule has 1 aromatic carbocycles. The quantitative estimate of drug-likeness (QED) is 0.673. The Morgan fingerprint density at radius 3 is 2.68 bits per heavy atom. The van der Waals surface area contributed by atoms with Crippen molar-refractivity contribution in [2.75, 3.05) is 5.73 Å². The van der Waals surface area contributed by atoms with Gasteiger partial charge in [-0.25, -0.2) is 4.68 Å². The molecule has 7 heteroatoms. The number of nitrogens with one attached hydrogen (secondary N) is 1. The molecule has 0 aliphatic heterocycles. The fraction of sp³-hybridized carbons (Fsp3) is 0. The number of benzene rings is 1. The van der Waals surface area contributed by atoms with E-state index in [1.807, 2.05) is 30.3 Å². The van der Waals surface area contributed by atoms with Crippen molar-refractivity contribution in [3.05, 3.63) is 54.0 Å². The van der Waals surface area contributed by atoms with Crippen LogP contribution < -0.4 is 5.73 Å². The summed E-state index contributed by atoms with van der Waals surface area (Å²) in [4.78, 5) is 12.3. The van der Waals surface area contributed by atoms with Gasteiger partial charge in [0.25, 0.3) is 0 Å². The van der Waals surface area contributed by atoms with Crippen molar-refractivity contribution in [1.29, 1.82) is 0 Å². The van der Waals surface area contributed by atoms with E-state index in [0.29, 0.717) is 11.3 Å². The van der Waals surface area contributed by atoms with E-state index in [1.54, 1.807) is 0 Å². The second-order valence-electron chi connectivity index (χ2n) is 3.89. The van der Waals surface area contributed by atoms with Gasteiger partial charge >= 0.3 is 0 Å². The molecule has 2 aromatic heterocycles. The predicted octanol–water partition coefficient (Wildman–Crippen LogP) is 0.804. The SMILES string of the molecule is Nc1[nH]ncc1C(=O)c1cnnn1-c1ccccc1. The Morgan fingerprint density at radius 1 is 1.21 bits per heavy atom. The van der Waals surface area contributed by atoms with Crippen molar-refractivity contribution in [2.24, 2.45) is 0 Å². The second-order valence-corrected chi connectivity index (χ2v) is 3.89. The highest BCUT2D eigenvalue weighted by molar-refractivity contribution is 6.10. The minimum absolute atomic E-state index is 0.228. The number of hydrogen-bond donors (Lipinski definition) is 2. The van der Waals surface area contributed by atoms with E-state index in [0.717, 1.165) is 5.69 Å². The highest BCUT2D eigenvalue weighted by Crippen LogP contribution is 2.15. The lowest BCUT2D eigenvalue weighted by Crippen LogP contribution is -2.10. The molecule has 0 unspecified atom stereocenters. The summed E-state index contributed by atoms with van der Waals surface area (Å²) in [5.74, 6) is -0.0501. The Kier molecular flexibility index (Phi) is 2.57. The first-order valence-corrected chi connectivity index (χ1v) is 5.57. The van der Waals surface area contributed by atoms with Gasteiger partial charge in [0, 0.05) is 0 Å². The molecule has 0 radical (unpaired) electrons. The molecular formula is C12H10N6O. The molecule has 0 atom stereocenters. The first kappa shape index (κ1) is 11.1. The van der Waals surface area contributed by atoms with E-state index >= 15 is 0 Å². The molecule has 3 aromatic rings. The van der Waals surface area contributed by atoms with Gasteiger partial charge in [-0.1, -0.05) is 23.4 Å². The number of aromatic amines is 1. The van der Waals surface area contributed by atoms with E-state index in [-0.39, 0.29) is 11.6 Å². The van der Waals surface area contributed by atoms with E-state index < -0.39 is 0 Å². The van der Waals surface area contributed by atoms with Crippen LogP contribution in [0.25, 0.3) is 5.69 Å². The average Bonchev–Trinajstić information content (AvgIpc) is 3.07. The van der Waals surface area contributed by atoms with Crippen LogP contribution in [0.5, 0.6) is 0 Å². The number of carbonyl (C=O) groups is 1. The van der Waals surface area contributed by atoms with Gasteiger partial charge in [0.15, 0.2) is 0 Å². The molecule has 3 N–H and O–H groups in total. The summed E-state index contributed by atoms with van der Waals surface area (Å²) in [6, 6.07) is 9.28. The third-order valence-electron chi connectivity index (χ3n) is 2.70. The number of H-pyrrole nitrogens is 1. The number of hydrogen-bond acceptors (Lipinski definition) is 5. The smallest absolute Gasteiger partial charge is 0.218 e. The molecular weight excluding hydrogens is 244 g/mol. The average molecular weight is 254 g/mol. The van der Waals surface area contributed by atoms with Crippen LogP contribution in [0.3, 0.4) is 0 Å². The van der Waals surface area contributed by atoms with E-state index in [2.05, 4.69) is 20.5 Å². The molecule has 0 bridgehead atoms.